The van der Waals surface area contributed by atoms with Crippen molar-refractivity contribution in [3.8, 4) is 27.4 Å². The Labute approximate surface area is 334 Å². The summed E-state index contributed by atoms with van der Waals surface area (Å²) in [6.07, 6.45) is 8.31. The van der Waals surface area contributed by atoms with Crippen molar-refractivity contribution >= 4 is 77.8 Å². The highest BCUT2D eigenvalue weighted by Gasteiger charge is 2.35. The van der Waals surface area contributed by atoms with Crippen LogP contribution in [0.4, 0.5) is 16.0 Å². The number of ether oxygens (including phenoxy) is 1. The number of hydrogen-bond donors (Lipinski definition) is 3. The number of halogens is 1. The van der Waals surface area contributed by atoms with Crippen LogP contribution in [0, 0.1) is 6.92 Å². The molecule has 0 saturated carbocycles. The van der Waals surface area contributed by atoms with Crippen LogP contribution in [0.1, 0.15) is 17.6 Å². The topological polar surface area (TPSA) is 179 Å². The van der Waals surface area contributed by atoms with Gasteiger partial charge in [0, 0.05) is 71.2 Å². The number of anilines is 2. The van der Waals surface area contributed by atoms with Crippen molar-refractivity contribution in [2.24, 2.45) is 0 Å². The summed E-state index contributed by atoms with van der Waals surface area (Å²) in [5.74, 6) is 0.00707. The maximum absolute atomic E-state index is 13.2. The fourth-order valence-electron chi connectivity index (χ4n) is 7.84. The highest BCUT2D eigenvalue weighted by atomic mass is 32.1. The van der Waals surface area contributed by atoms with Crippen LogP contribution >= 0.6 is 11.3 Å². The fourth-order valence-corrected chi connectivity index (χ4v) is 8.99. The number of H-pyrrole nitrogens is 1. The summed E-state index contributed by atoms with van der Waals surface area (Å²) in [7, 11) is 1.67. The van der Waals surface area contributed by atoms with Gasteiger partial charge in [0.2, 0.25) is 5.91 Å². The minimum atomic E-state index is -0.947. The molecule has 2 aromatic carbocycles. The predicted octanol–water partition coefficient (Wildman–Crippen LogP) is 6.81. The van der Waals surface area contributed by atoms with Gasteiger partial charge in [-0.25, -0.2) is 24.3 Å². The maximum Gasteiger partial charge on any atom is 0.282 e. The van der Waals surface area contributed by atoms with E-state index in [-0.39, 0.29) is 18.0 Å². The molecule has 8 heterocycles. The third-order valence-corrected chi connectivity index (χ3v) is 12.0. The molecule has 2 fully saturated rings. The maximum atomic E-state index is 13.2. The number of fused-ring (bicyclic) bond motifs is 4. The number of likely N-dealkylation sites (tertiary alicyclic amines) is 2. The van der Waals surface area contributed by atoms with Gasteiger partial charge in [0.05, 0.1) is 34.7 Å². The van der Waals surface area contributed by atoms with Crippen LogP contribution in [-0.2, 0) is 9.59 Å². The number of aryl methyl sites for hydroxylation is 1. The molecule has 2 aliphatic rings. The molecule has 10 rings (SSSR count). The van der Waals surface area contributed by atoms with E-state index in [0.717, 1.165) is 70.4 Å². The molecule has 0 atom stereocenters. The Kier molecular flexibility index (Phi) is 8.92. The molecule has 2 amide bonds. The van der Waals surface area contributed by atoms with E-state index in [9.17, 15) is 14.0 Å². The van der Waals surface area contributed by atoms with Gasteiger partial charge >= 0.3 is 0 Å². The number of nitrogens with zero attached hydrogens (tertiary/aromatic N) is 8. The summed E-state index contributed by atoms with van der Waals surface area (Å²) < 4.78 is 23.9. The third-order valence-electron chi connectivity index (χ3n) is 10.8. The molecule has 0 bridgehead atoms. The summed E-state index contributed by atoms with van der Waals surface area (Å²) in [5.41, 5.74) is 19.0. The van der Waals surface area contributed by atoms with Gasteiger partial charge in [-0.2, -0.15) is 0 Å². The van der Waals surface area contributed by atoms with Gasteiger partial charge in [0.15, 0.2) is 5.83 Å². The molecule has 6 aromatic heterocycles. The van der Waals surface area contributed by atoms with Crippen molar-refractivity contribution in [2.75, 3.05) is 44.8 Å². The molecule has 14 nitrogen and oxygen atoms in total. The van der Waals surface area contributed by atoms with Gasteiger partial charge < -0.3 is 40.1 Å². The average Bonchev–Trinajstić information content (AvgIpc) is 3.97. The van der Waals surface area contributed by atoms with Gasteiger partial charge in [-0.3, -0.25) is 9.59 Å². The molecule has 2 saturated heterocycles. The zero-order chi connectivity index (χ0) is 40.4. The number of nitrogens with one attached hydrogen (secondary N) is 1. The second-order valence-corrected chi connectivity index (χ2v) is 15.5. The fraction of sp³-hybridized carbons (Fsp3) is 0.190. The number of nitrogen functional groups attached to an aromatic ring is 2. The third kappa shape index (κ3) is 6.08. The number of rotatable bonds is 7. The van der Waals surface area contributed by atoms with E-state index in [1.165, 1.54) is 23.6 Å². The number of methoxy groups -OCH3 is 1. The van der Waals surface area contributed by atoms with Crippen LogP contribution in [0.25, 0.3) is 64.8 Å². The Balaban J connectivity index is 0.000000152. The first kappa shape index (κ1) is 36.6. The minimum absolute atomic E-state index is 0.0278. The van der Waals surface area contributed by atoms with Crippen molar-refractivity contribution in [2.45, 2.75) is 19.0 Å². The number of para-hydroxylation sites is 1. The van der Waals surface area contributed by atoms with Crippen LogP contribution in [0.2, 0.25) is 0 Å². The summed E-state index contributed by atoms with van der Waals surface area (Å²) in [4.78, 5) is 48.5. The van der Waals surface area contributed by atoms with Crippen molar-refractivity contribution in [3.05, 3.63) is 104 Å². The van der Waals surface area contributed by atoms with Gasteiger partial charge in [0.25, 0.3) is 5.91 Å². The number of aromatic amines is 1. The highest BCUT2D eigenvalue weighted by molar-refractivity contribution is 7.22. The Bertz CT molecular complexity index is 2940. The van der Waals surface area contributed by atoms with Crippen LogP contribution in [0.5, 0.6) is 5.75 Å². The number of aromatic nitrogens is 7. The number of carbonyl (C=O) groups is 2. The molecule has 58 heavy (non-hydrogen) atoms. The van der Waals surface area contributed by atoms with Gasteiger partial charge in [-0.1, -0.05) is 37.4 Å². The molecular weight excluding hydrogens is 758 g/mol. The van der Waals surface area contributed by atoms with E-state index in [0.29, 0.717) is 43.5 Å². The molecule has 0 spiro atoms. The van der Waals surface area contributed by atoms with E-state index in [1.807, 2.05) is 42.0 Å². The molecule has 2 aliphatic heterocycles. The Morgan fingerprint density at radius 2 is 1.50 bits per heavy atom. The summed E-state index contributed by atoms with van der Waals surface area (Å²) in [6, 6.07) is 16.6. The molecular formula is C42H38FN11O3S. The van der Waals surface area contributed by atoms with Gasteiger partial charge in [0.1, 0.15) is 41.3 Å². The number of hydrogen-bond acceptors (Lipinski definition) is 10. The van der Waals surface area contributed by atoms with E-state index in [4.69, 9.17) is 16.2 Å². The van der Waals surface area contributed by atoms with Gasteiger partial charge in [-0.05, 0) is 48.2 Å². The molecule has 8 aromatic rings. The van der Waals surface area contributed by atoms with Crippen LogP contribution in [0.15, 0.2) is 98.6 Å². The number of amides is 2. The molecule has 5 N–H and O–H groups in total. The number of benzene rings is 2. The molecule has 0 radical (unpaired) electrons. The summed E-state index contributed by atoms with van der Waals surface area (Å²) in [6.45, 7) is 10.7. The lowest BCUT2D eigenvalue weighted by Crippen LogP contribution is -2.50. The van der Waals surface area contributed by atoms with E-state index in [1.54, 1.807) is 23.3 Å². The second-order valence-electron chi connectivity index (χ2n) is 14.5. The number of thiophene rings is 1. The van der Waals surface area contributed by atoms with Crippen molar-refractivity contribution in [1.82, 2.24) is 43.9 Å². The average molecular weight is 796 g/mol. The van der Waals surface area contributed by atoms with E-state index in [2.05, 4.69) is 73.1 Å². The summed E-state index contributed by atoms with van der Waals surface area (Å²) in [5, 5.41) is 3.83. The smallest absolute Gasteiger partial charge is 0.282 e. The largest absolute Gasteiger partial charge is 0.495 e. The lowest BCUT2D eigenvalue weighted by atomic mass is 10.1. The highest BCUT2D eigenvalue weighted by Crippen LogP contribution is 2.44. The second kappa shape index (κ2) is 14.1. The van der Waals surface area contributed by atoms with Crippen molar-refractivity contribution < 1.29 is 18.7 Å². The lowest BCUT2D eigenvalue weighted by molar-refractivity contribution is -0.134. The van der Waals surface area contributed by atoms with Crippen LogP contribution in [-0.4, -0.2) is 89.0 Å². The van der Waals surface area contributed by atoms with Crippen molar-refractivity contribution in [3.63, 3.8) is 0 Å². The first-order valence-corrected chi connectivity index (χ1v) is 19.3. The van der Waals surface area contributed by atoms with Gasteiger partial charge in [-0.15, -0.1) is 11.3 Å². The Morgan fingerprint density at radius 1 is 0.879 bits per heavy atom. The first-order valence-electron chi connectivity index (χ1n) is 18.5. The predicted molar refractivity (Wildman–Crippen MR) is 225 cm³/mol. The van der Waals surface area contributed by atoms with Crippen LogP contribution in [0.3, 0.4) is 0 Å². The standard InChI is InChI=1S/C22H20FN5O2S.C20H18N6O/c1-11-4-13-6-17(31-19(13)16(5-11)30-3)15-9-28(21-18(15)20(24)25-10-26-21)14-7-27(8-14)22(29)12(2)23;1-2-17(27)25-8-13(9-25)26-10-14(18-19(21)22-11-23-20(18)26)16-7-12-5-3-4-6-15(12)24-16/h4-6,9-10,14H,2,7-8H2,1,3H3,(H2,24,25,26);2-7,10-11,13,24H,1,8-9H2,(H2,21,22,23). The zero-order valence-electron chi connectivity index (χ0n) is 31.6. The molecule has 16 heteroatoms. The van der Waals surface area contributed by atoms with Crippen LogP contribution < -0.4 is 16.2 Å². The first-order chi connectivity index (χ1) is 28.0. The molecule has 0 aliphatic carbocycles. The van der Waals surface area contributed by atoms with Crippen molar-refractivity contribution in [1.29, 1.82) is 0 Å². The normalized spacial score (nSPS) is 14.4. The quantitative estimate of drug-likeness (QED) is 0.146. The minimum Gasteiger partial charge on any atom is -0.495 e. The van der Waals surface area contributed by atoms with E-state index >= 15 is 0 Å². The SMILES string of the molecule is C=C(F)C(=O)N1CC(n2cc(-c3cc4cc(C)cc(OC)c4s3)c3c(N)ncnc32)C1.C=CC(=O)N1CC(n2cc(-c3cc4ccccc4[nH]3)c3c(N)ncnc32)C1. The summed E-state index contributed by atoms with van der Waals surface area (Å²) >= 11 is 1.62. The zero-order valence-corrected chi connectivity index (χ0v) is 32.5. The monoisotopic (exact) mass is 795 g/mol. The molecule has 292 valence electrons. The Hall–Kier alpha value is -7.07. The number of carbonyl (C=O) groups excluding carboxylic acids is 2. The Morgan fingerprint density at radius 3 is 2.12 bits per heavy atom. The molecule has 0 unspecified atom stereocenters. The lowest BCUT2D eigenvalue weighted by Gasteiger charge is -2.39. The van der Waals surface area contributed by atoms with E-state index < -0.39 is 11.7 Å². The number of nitrogens with two attached hydrogens (primary N) is 2.